The summed E-state index contributed by atoms with van der Waals surface area (Å²) in [5, 5.41) is 0. The summed E-state index contributed by atoms with van der Waals surface area (Å²) in [6.07, 6.45) is 0. The molecule has 0 aromatic heterocycles. The monoisotopic (exact) mass is 347 g/mol. The lowest BCUT2D eigenvalue weighted by Crippen LogP contribution is -3.04. The van der Waals surface area contributed by atoms with E-state index in [9.17, 15) is 8.42 Å². The third-order valence-corrected chi connectivity index (χ3v) is 5.63. The molecule has 5 heteroatoms. The van der Waals surface area contributed by atoms with Crippen molar-refractivity contribution in [2.45, 2.75) is 38.8 Å². The molecule has 0 amide bonds. The van der Waals surface area contributed by atoms with Gasteiger partial charge in [0.2, 0.25) is 10.0 Å². The zero-order valence-electron chi connectivity index (χ0n) is 15.1. The van der Waals surface area contributed by atoms with E-state index in [1.54, 1.807) is 0 Å². The van der Waals surface area contributed by atoms with Gasteiger partial charge in [-0.05, 0) is 37.5 Å². The molecular weight excluding hydrogens is 320 g/mol. The zero-order chi connectivity index (χ0) is 17.9. The van der Waals surface area contributed by atoms with E-state index >= 15 is 0 Å². The van der Waals surface area contributed by atoms with E-state index in [-0.39, 0.29) is 0 Å². The van der Waals surface area contributed by atoms with Crippen LogP contribution in [0.25, 0.3) is 0 Å². The molecule has 24 heavy (non-hydrogen) atoms. The fourth-order valence-corrected chi connectivity index (χ4v) is 4.49. The molecule has 2 rings (SSSR count). The summed E-state index contributed by atoms with van der Waals surface area (Å²) in [6.45, 7) is 6.90. The number of aryl methyl sites for hydroxylation is 3. The van der Waals surface area contributed by atoms with Crippen LogP contribution in [0.3, 0.4) is 0 Å². The number of nitrogens with one attached hydrogen (secondary N) is 2. The Morgan fingerprint density at radius 3 is 1.92 bits per heavy atom. The first kappa shape index (κ1) is 18.6. The maximum Gasteiger partial charge on any atom is 0.241 e. The first-order valence-electron chi connectivity index (χ1n) is 8.13. The van der Waals surface area contributed by atoms with E-state index in [4.69, 9.17) is 0 Å². The van der Waals surface area contributed by atoms with Crippen molar-refractivity contribution in [3.63, 3.8) is 0 Å². The van der Waals surface area contributed by atoms with E-state index < -0.39 is 10.0 Å². The van der Waals surface area contributed by atoms with Gasteiger partial charge in [0.05, 0.1) is 19.0 Å². The van der Waals surface area contributed by atoms with E-state index in [2.05, 4.69) is 31.0 Å². The van der Waals surface area contributed by atoms with Crippen molar-refractivity contribution < 1.29 is 13.3 Å². The maximum atomic E-state index is 12.7. The van der Waals surface area contributed by atoms with Crippen LogP contribution in [0.1, 0.15) is 27.8 Å². The van der Waals surface area contributed by atoms with Crippen LogP contribution in [-0.4, -0.2) is 22.5 Å². The number of hydrogen-bond donors (Lipinski definition) is 2. The molecule has 0 unspecified atom stereocenters. The second-order valence-corrected chi connectivity index (χ2v) is 8.46. The van der Waals surface area contributed by atoms with Crippen molar-refractivity contribution in [1.29, 1.82) is 0 Å². The summed E-state index contributed by atoms with van der Waals surface area (Å²) >= 11 is 0. The highest BCUT2D eigenvalue weighted by atomic mass is 32.2. The predicted molar refractivity (Wildman–Crippen MR) is 97.6 cm³/mol. The average molecular weight is 348 g/mol. The Labute approximate surface area is 145 Å². The molecular formula is C19H27N2O2S+. The van der Waals surface area contributed by atoms with E-state index in [0.29, 0.717) is 11.4 Å². The van der Waals surface area contributed by atoms with Crippen LogP contribution >= 0.6 is 0 Å². The standard InChI is InChI=1S/C19H26N2O2S/c1-14-10-15(2)19(16(3)11-14)24(22,23)20-12-17-6-8-18(9-7-17)13-21(4)5/h6-11,20H,12-13H2,1-5H3/p+1. The number of quaternary nitrogens is 1. The van der Waals surface area contributed by atoms with Gasteiger partial charge in [0.1, 0.15) is 6.54 Å². The van der Waals surface area contributed by atoms with Crippen LogP contribution in [0.5, 0.6) is 0 Å². The third kappa shape index (κ3) is 4.66. The average Bonchev–Trinajstić information content (AvgIpc) is 2.44. The minimum absolute atomic E-state index is 0.296. The summed E-state index contributed by atoms with van der Waals surface area (Å²) in [6, 6.07) is 11.9. The molecule has 2 N–H and O–H groups in total. The number of hydrogen-bond acceptors (Lipinski definition) is 2. The second-order valence-electron chi connectivity index (χ2n) is 6.75. The number of sulfonamides is 1. The molecule has 0 fully saturated rings. The molecule has 0 saturated carbocycles. The van der Waals surface area contributed by atoms with Crippen molar-refractivity contribution in [2.75, 3.05) is 14.1 Å². The molecule has 0 bridgehead atoms. The molecule has 0 saturated heterocycles. The Balaban J connectivity index is 2.13. The van der Waals surface area contributed by atoms with Crippen LogP contribution in [0.4, 0.5) is 0 Å². The summed E-state index contributed by atoms with van der Waals surface area (Å²) in [4.78, 5) is 1.75. The molecule has 4 nitrogen and oxygen atoms in total. The first-order chi connectivity index (χ1) is 11.2. The molecule has 0 aliphatic carbocycles. The highest BCUT2D eigenvalue weighted by Gasteiger charge is 2.19. The van der Waals surface area contributed by atoms with E-state index in [0.717, 1.165) is 28.8 Å². The molecule has 0 heterocycles. The second kappa shape index (κ2) is 7.47. The topological polar surface area (TPSA) is 50.6 Å². The largest absolute Gasteiger partial charge is 0.336 e. The lowest BCUT2D eigenvalue weighted by Gasteiger charge is -2.13. The van der Waals surface area contributed by atoms with Gasteiger partial charge in [-0.15, -0.1) is 0 Å². The molecule has 0 aliphatic rings. The molecule has 2 aromatic carbocycles. The van der Waals surface area contributed by atoms with Crippen LogP contribution in [-0.2, 0) is 23.1 Å². The van der Waals surface area contributed by atoms with Crippen molar-refractivity contribution in [3.05, 3.63) is 64.2 Å². The van der Waals surface area contributed by atoms with Gasteiger partial charge >= 0.3 is 0 Å². The Kier molecular flexibility index (Phi) is 5.80. The minimum Gasteiger partial charge on any atom is -0.336 e. The van der Waals surface area contributed by atoms with Crippen LogP contribution in [0.15, 0.2) is 41.3 Å². The summed E-state index contributed by atoms with van der Waals surface area (Å²) in [5.74, 6) is 0. The maximum absolute atomic E-state index is 12.7. The highest BCUT2D eigenvalue weighted by Crippen LogP contribution is 2.21. The Morgan fingerprint density at radius 2 is 1.42 bits per heavy atom. The first-order valence-corrected chi connectivity index (χ1v) is 9.62. The van der Waals surface area contributed by atoms with E-state index in [1.165, 1.54) is 10.5 Å². The lowest BCUT2D eigenvalue weighted by molar-refractivity contribution is -0.872. The minimum atomic E-state index is -3.52. The van der Waals surface area contributed by atoms with Gasteiger partial charge < -0.3 is 4.90 Å². The smallest absolute Gasteiger partial charge is 0.241 e. The van der Waals surface area contributed by atoms with Crippen molar-refractivity contribution in [3.8, 4) is 0 Å². The SMILES string of the molecule is Cc1cc(C)c(S(=O)(=O)NCc2ccc(C[NH+](C)C)cc2)c(C)c1. The fourth-order valence-electron chi connectivity index (χ4n) is 3.02. The van der Waals surface area contributed by atoms with Gasteiger partial charge in [-0.1, -0.05) is 42.0 Å². The lowest BCUT2D eigenvalue weighted by atomic mass is 10.1. The Bertz CT molecular complexity index is 787. The van der Waals surface area contributed by atoms with Crippen molar-refractivity contribution in [2.24, 2.45) is 0 Å². The van der Waals surface area contributed by atoms with Crippen LogP contribution in [0.2, 0.25) is 0 Å². The highest BCUT2D eigenvalue weighted by molar-refractivity contribution is 7.89. The van der Waals surface area contributed by atoms with E-state index in [1.807, 2.05) is 45.0 Å². The molecule has 0 spiro atoms. The summed E-state index contributed by atoms with van der Waals surface area (Å²) in [7, 11) is 0.691. The summed E-state index contributed by atoms with van der Waals surface area (Å²) < 4.78 is 28.0. The fraction of sp³-hybridized carbons (Fsp3) is 0.368. The summed E-state index contributed by atoms with van der Waals surface area (Å²) in [5.41, 5.74) is 4.83. The van der Waals surface area contributed by atoms with Crippen LogP contribution in [0, 0.1) is 20.8 Å². The van der Waals surface area contributed by atoms with Gasteiger partial charge in [-0.3, -0.25) is 0 Å². The van der Waals surface area contributed by atoms with Gasteiger partial charge in [-0.2, -0.15) is 0 Å². The van der Waals surface area contributed by atoms with Crippen molar-refractivity contribution in [1.82, 2.24) is 4.72 Å². The molecule has 0 aliphatic heterocycles. The van der Waals surface area contributed by atoms with Crippen molar-refractivity contribution >= 4 is 10.0 Å². The number of rotatable bonds is 6. The zero-order valence-corrected chi connectivity index (χ0v) is 15.9. The predicted octanol–water partition coefficient (Wildman–Crippen LogP) is 1.73. The Hall–Kier alpha value is -1.69. The van der Waals surface area contributed by atoms with Gasteiger partial charge in [-0.25, -0.2) is 13.1 Å². The molecule has 0 atom stereocenters. The normalized spacial score (nSPS) is 11.9. The molecule has 0 radical (unpaired) electrons. The van der Waals surface area contributed by atoms with Gasteiger partial charge in [0, 0.05) is 12.1 Å². The van der Waals surface area contributed by atoms with Gasteiger partial charge in [0.15, 0.2) is 0 Å². The third-order valence-electron chi connectivity index (χ3n) is 3.92. The molecule has 130 valence electrons. The van der Waals surface area contributed by atoms with Gasteiger partial charge in [0.25, 0.3) is 0 Å². The quantitative estimate of drug-likeness (QED) is 0.836. The van der Waals surface area contributed by atoms with Crippen LogP contribution < -0.4 is 9.62 Å². The Morgan fingerprint density at radius 1 is 0.917 bits per heavy atom. The molecule has 2 aromatic rings. The number of benzene rings is 2.